The highest BCUT2D eigenvalue weighted by atomic mass is 16.7. The number of benzene rings is 2. The van der Waals surface area contributed by atoms with Gasteiger partial charge in [0, 0.05) is 37.6 Å². The quantitative estimate of drug-likeness (QED) is 0.643. The van der Waals surface area contributed by atoms with Crippen LogP contribution in [0.4, 0.5) is 11.4 Å². The van der Waals surface area contributed by atoms with Gasteiger partial charge in [0.2, 0.25) is 18.6 Å². The minimum absolute atomic E-state index is 0.0139. The molecule has 1 unspecified atom stereocenters. The van der Waals surface area contributed by atoms with Gasteiger partial charge in [0.15, 0.2) is 11.5 Å². The van der Waals surface area contributed by atoms with Gasteiger partial charge in [0.25, 0.3) is 0 Å². The zero-order valence-corrected chi connectivity index (χ0v) is 20.6. The van der Waals surface area contributed by atoms with Gasteiger partial charge in [0.05, 0.1) is 25.7 Å². The smallest absolute Gasteiger partial charge is 0.250 e. The molecule has 4 aliphatic heterocycles. The molecular weight excluding hydrogens is 460 g/mol. The summed E-state index contributed by atoms with van der Waals surface area (Å²) in [6.45, 7) is 4.88. The molecule has 0 radical (unpaired) electrons. The average molecular weight is 493 g/mol. The largest absolute Gasteiger partial charge is 0.454 e. The fourth-order valence-electron chi connectivity index (χ4n) is 5.73. The summed E-state index contributed by atoms with van der Waals surface area (Å²) in [6.07, 6.45) is 1.57. The summed E-state index contributed by atoms with van der Waals surface area (Å²) in [5, 5.41) is 3.14. The molecule has 9 nitrogen and oxygen atoms in total. The maximum Gasteiger partial charge on any atom is 0.250 e. The van der Waals surface area contributed by atoms with E-state index in [1.165, 1.54) is 0 Å². The molecular formula is C27H32N4O5. The third-order valence-electron chi connectivity index (χ3n) is 7.93. The number of rotatable bonds is 5. The highest BCUT2D eigenvalue weighted by Crippen LogP contribution is 2.47. The Morgan fingerprint density at radius 2 is 1.69 bits per heavy atom. The van der Waals surface area contributed by atoms with Crippen LogP contribution in [0.2, 0.25) is 0 Å². The number of hydrogen-bond acceptors (Lipinski definition) is 7. The van der Waals surface area contributed by atoms with Crippen molar-refractivity contribution in [2.24, 2.45) is 0 Å². The van der Waals surface area contributed by atoms with E-state index >= 15 is 0 Å². The second-order valence-corrected chi connectivity index (χ2v) is 10.0. The van der Waals surface area contributed by atoms with Crippen molar-refractivity contribution < 1.29 is 23.8 Å². The molecule has 0 saturated carbocycles. The van der Waals surface area contributed by atoms with Crippen LogP contribution in [0.5, 0.6) is 11.5 Å². The Morgan fingerprint density at radius 3 is 2.42 bits per heavy atom. The number of nitrogens with one attached hydrogen (secondary N) is 1. The summed E-state index contributed by atoms with van der Waals surface area (Å²) in [5.74, 6) is 1.30. The van der Waals surface area contributed by atoms with E-state index in [9.17, 15) is 9.59 Å². The van der Waals surface area contributed by atoms with Gasteiger partial charge in [-0.15, -0.1) is 0 Å². The second-order valence-electron chi connectivity index (χ2n) is 10.0. The number of ether oxygens (including phenoxy) is 3. The Kier molecular flexibility index (Phi) is 5.97. The number of hydrogen-bond donors (Lipinski definition) is 1. The fourth-order valence-corrected chi connectivity index (χ4v) is 5.73. The first-order valence-electron chi connectivity index (χ1n) is 12.7. The van der Waals surface area contributed by atoms with Crippen molar-refractivity contribution in [2.45, 2.75) is 30.8 Å². The van der Waals surface area contributed by atoms with Gasteiger partial charge in [-0.05, 0) is 61.9 Å². The highest BCUT2D eigenvalue weighted by Gasteiger charge is 2.55. The normalized spacial score (nSPS) is 23.4. The van der Waals surface area contributed by atoms with Crippen LogP contribution in [-0.4, -0.2) is 80.4 Å². The first-order chi connectivity index (χ1) is 17.5. The van der Waals surface area contributed by atoms with E-state index < -0.39 is 5.54 Å². The summed E-state index contributed by atoms with van der Waals surface area (Å²) >= 11 is 0. The minimum Gasteiger partial charge on any atom is -0.454 e. The first-order valence-corrected chi connectivity index (χ1v) is 12.7. The molecule has 0 bridgehead atoms. The molecule has 9 heteroatoms. The van der Waals surface area contributed by atoms with Crippen LogP contribution in [0, 0.1) is 0 Å². The van der Waals surface area contributed by atoms with Crippen LogP contribution in [0.15, 0.2) is 42.5 Å². The van der Waals surface area contributed by atoms with Crippen LogP contribution in [0.1, 0.15) is 30.9 Å². The van der Waals surface area contributed by atoms with Gasteiger partial charge in [-0.25, -0.2) is 0 Å². The molecule has 2 aromatic carbocycles. The van der Waals surface area contributed by atoms with E-state index in [0.717, 1.165) is 56.3 Å². The molecule has 2 amide bonds. The number of piperidine rings is 1. The minimum atomic E-state index is -0.897. The Morgan fingerprint density at radius 1 is 0.972 bits per heavy atom. The lowest BCUT2D eigenvalue weighted by Gasteiger charge is -2.54. The van der Waals surface area contributed by atoms with Crippen molar-refractivity contribution in [2.75, 3.05) is 63.5 Å². The Hall–Kier alpha value is -3.30. The van der Waals surface area contributed by atoms with Crippen molar-refractivity contribution in [1.29, 1.82) is 0 Å². The summed E-state index contributed by atoms with van der Waals surface area (Å²) in [5.41, 5.74) is 1.93. The number of carbonyl (C=O) groups is 2. The van der Waals surface area contributed by atoms with Gasteiger partial charge in [0.1, 0.15) is 5.54 Å². The van der Waals surface area contributed by atoms with Gasteiger partial charge in [-0.3, -0.25) is 9.59 Å². The maximum atomic E-state index is 13.9. The summed E-state index contributed by atoms with van der Waals surface area (Å²) in [4.78, 5) is 33.3. The second kappa shape index (κ2) is 9.29. The number of carbonyl (C=O) groups excluding carboxylic acids is 2. The molecule has 0 aliphatic carbocycles. The van der Waals surface area contributed by atoms with Crippen molar-refractivity contribution in [1.82, 2.24) is 9.80 Å². The predicted octanol–water partition coefficient (Wildman–Crippen LogP) is 2.63. The number of amides is 2. The van der Waals surface area contributed by atoms with Crippen LogP contribution in [-0.2, 0) is 14.3 Å². The van der Waals surface area contributed by atoms with E-state index in [4.69, 9.17) is 14.2 Å². The fraction of sp³-hybridized carbons (Fsp3) is 0.481. The summed E-state index contributed by atoms with van der Waals surface area (Å²) < 4.78 is 16.5. The molecule has 36 heavy (non-hydrogen) atoms. The SMILES string of the molecule is CN1CCC(C(=O)Nc2ccc(N3CCOCC3)cc2)(N2C(=O)CC2c2ccc3c(c2)OCO3)CC1. The van der Waals surface area contributed by atoms with Crippen LogP contribution >= 0.6 is 0 Å². The molecule has 4 heterocycles. The number of β-lactam (4-membered cyclic amide) rings is 1. The van der Waals surface area contributed by atoms with Crippen molar-refractivity contribution in [3.63, 3.8) is 0 Å². The van der Waals surface area contributed by atoms with Crippen LogP contribution in [0.25, 0.3) is 0 Å². The Bertz CT molecular complexity index is 1140. The number of nitrogens with zero attached hydrogens (tertiary/aromatic N) is 3. The Labute approximate surface area is 210 Å². The van der Waals surface area contributed by atoms with E-state index in [1.54, 1.807) is 0 Å². The van der Waals surface area contributed by atoms with Gasteiger partial charge >= 0.3 is 0 Å². The lowest BCUT2D eigenvalue weighted by Crippen LogP contribution is -2.68. The summed E-state index contributed by atoms with van der Waals surface area (Å²) in [6, 6.07) is 13.6. The topological polar surface area (TPSA) is 83.6 Å². The molecule has 6 rings (SSSR count). The van der Waals surface area contributed by atoms with Gasteiger partial charge < -0.3 is 34.2 Å². The van der Waals surface area contributed by atoms with Crippen molar-refractivity contribution >= 4 is 23.2 Å². The highest BCUT2D eigenvalue weighted by molar-refractivity contribution is 6.02. The number of morpholine rings is 1. The molecule has 0 spiro atoms. The van der Waals surface area contributed by atoms with E-state index in [-0.39, 0.29) is 24.6 Å². The van der Waals surface area contributed by atoms with E-state index in [0.29, 0.717) is 30.8 Å². The molecule has 3 saturated heterocycles. The molecule has 0 aromatic heterocycles. The molecule has 4 aliphatic rings. The summed E-state index contributed by atoms with van der Waals surface area (Å²) in [7, 11) is 2.05. The van der Waals surface area contributed by atoms with Gasteiger partial charge in [-0.2, -0.15) is 0 Å². The van der Waals surface area contributed by atoms with Crippen LogP contribution in [0.3, 0.4) is 0 Å². The number of likely N-dealkylation sites (tertiary alicyclic amines) is 2. The van der Waals surface area contributed by atoms with Crippen molar-refractivity contribution in [3.05, 3.63) is 48.0 Å². The zero-order valence-electron chi connectivity index (χ0n) is 20.6. The number of fused-ring (bicyclic) bond motifs is 1. The lowest BCUT2D eigenvalue weighted by atomic mass is 9.78. The molecule has 2 aromatic rings. The monoisotopic (exact) mass is 492 g/mol. The maximum absolute atomic E-state index is 13.9. The molecule has 3 fully saturated rings. The van der Waals surface area contributed by atoms with E-state index in [1.807, 2.05) is 47.4 Å². The van der Waals surface area contributed by atoms with Gasteiger partial charge in [-0.1, -0.05) is 6.07 Å². The first kappa shape index (κ1) is 23.1. The van der Waals surface area contributed by atoms with Crippen LogP contribution < -0.4 is 19.7 Å². The molecule has 1 N–H and O–H groups in total. The molecule has 1 atom stereocenters. The zero-order chi connectivity index (χ0) is 24.7. The third kappa shape index (κ3) is 4.06. The average Bonchev–Trinajstić information content (AvgIpc) is 3.37. The number of anilines is 2. The van der Waals surface area contributed by atoms with Crippen molar-refractivity contribution in [3.8, 4) is 11.5 Å². The Balaban J connectivity index is 1.24. The lowest BCUT2D eigenvalue weighted by molar-refractivity contribution is -0.167. The van der Waals surface area contributed by atoms with E-state index in [2.05, 4.69) is 22.2 Å². The third-order valence-corrected chi connectivity index (χ3v) is 7.93. The predicted molar refractivity (Wildman–Crippen MR) is 134 cm³/mol. The molecule has 190 valence electrons. The standard InChI is InChI=1S/C27H32N4O5/c1-29-10-8-27(9-11-29,26(33)28-20-3-5-21(6-4-20)30-12-14-34-15-13-30)31-22(17-25(31)32)19-2-7-23-24(16-19)36-18-35-23/h2-7,16,22H,8-15,17-18H2,1H3,(H,28,33).